The van der Waals surface area contributed by atoms with Crippen LogP contribution in [0.4, 0.5) is 4.79 Å². The molecule has 0 unspecified atom stereocenters. The van der Waals surface area contributed by atoms with Gasteiger partial charge in [-0.1, -0.05) is 0 Å². The molecule has 0 spiro atoms. The Morgan fingerprint density at radius 3 is 1.52 bits per heavy atom. The Kier molecular flexibility index (Phi) is 25.4. The smallest absolute Gasteiger partial charge is 0.550 e. The Labute approximate surface area is 174 Å². The van der Waals surface area contributed by atoms with Gasteiger partial charge in [0.1, 0.15) is 0 Å². The Bertz CT molecular complexity index is 396. The molecule has 0 aliphatic carbocycles. The molecule has 0 saturated carbocycles. The van der Waals surface area contributed by atoms with E-state index in [2.05, 4.69) is 14.5 Å². The third-order valence-corrected chi connectivity index (χ3v) is 1.44. The van der Waals surface area contributed by atoms with Crippen molar-refractivity contribution in [1.29, 1.82) is 0 Å². The predicted octanol–water partition coefficient (Wildman–Crippen LogP) is -8.63. The summed E-state index contributed by atoms with van der Waals surface area (Å²) in [5, 5.41) is 27.3. The molecular formula is C10H12Na2O11. The van der Waals surface area contributed by atoms with E-state index in [0.29, 0.717) is 0 Å². The first-order valence-electron chi connectivity index (χ1n) is 5.25. The molecule has 0 bridgehead atoms. The van der Waals surface area contributed by atoms with Gasteiger partial charge in [-0.05, 0) is 12.8 Å². The molecule has 0 saturated heterocycles. The van der Waals surface area contributed by atoms with Crippen LogP contribution in [0.15, 0.2) is 0 Å². The molecular weight excluding hydrogens is 342 g/mol. The summed E-state index contributed by atoms with van der Waals surface area (Å²) < 4.78 is 3.59. The summed E-state index contributed by atoms with van der Waals surface area (Å²) in [6, 6.07) is 0. The largest absolute Gasteiger partial charge is 1.00 e. The molecule has 0 atom stereocenters. The molecule has 0 radical (unpaired) electrons. The zero-order chi connectivity index (χ0) is 16.8. The third kappa shape index (κ3) is 29.9. The first-order valence-corrected chi connectivity index (χ1v) is 5.25. The van der Waals surface area contributed by atoms with Crippen LogP contribution in [0.3, 0.4) is 0 Å². The molecule has 0 amide bonds. The zero-order valence-corrected chi connectivity index (χ0v) is 16.9. The maximum Gasteiger partial charge on any atom is 1.00 e. The Balaban J connectivity index is -0.000000145. The molecule has 13 heteroatoms. The second-order valence-corrected chi connectivity index (χ2v) is 3.11. The van der Waals surface area contributed by atoms with Crippen LogP contribution in [0, 0.1) is 0 Å². The molecule has 0 aromatic heterocycles. The summed E-state index contributed by atoms with van der Waals surface area (Å²) >= 11 is 0. The molecule has 0 aromatic carbocycles. The number of ether oxygens (including phenoxy) is 1. The summed E-state index contributed by atoms with van der Waals surface area (Å²) in [5.74, 6) is -4.52. The van der Waals surface area contributed by atoms with Crippen molar-refractivity contribution in [2.45, 2.75) is 25.7 Å². The molecule has 120 valence electrons. The van der Waals surface area contributed by atoms with Gasteiger partial charge in [-0.2, -0.15) is 4.89 Å². The van der Waals surface area contributed by atoms with Gasteiger partial charge in [0, 0.05) is 11.9 Å². The van der Waals surface area contributed by atoms with E-state index in [1.54, 1.807) is 0 Å². The van der Waals surface area contributed by atoms with Crippen LogP contribution in [0.5, 0.6) is 0 Å². The van der Waals surface area contributed by atoms with Crippen LogP contribution in [0.2, 0.25) is 0 Å². The number of hydrogen-bond donors (Lipinski definition) is 1. The molecule has 0 aromatic rings. The molecule has 1 N–H and O–H groups in total. The second kappa shape index (κ2) is 19.4. The van der Waals surface area contributed by atoms with Crippen LogP contribution in [0.1, 0.15) is 25.7 Å². The van der Waals surface area contributed by atoms with Crippen molar-refractivity contribution in [2.24, 2.45) is 0 Å². The fourth-order valence-corrected chi connectivity index (χ4v) is 0.691. The van der Waals surface area contributed by atoms with Gasteiger partial charge in [0.05, 0.1) is 20.0 Å². The van der Waals surface area contributed by atoms with Crippen molar-refractivity contribution in [2.75, 3.05) is 7.11 Å². The van der Waals surface area contributed by atoms with Crippen molar-refractivity contribution in [3.05, 3.63) is 0 Å². The molecule has 0 rings (SSSR count). The van der Waals surface area contributed by atoms with Crippen molar-refractivity contribution in [1.82, 2.24) is 0 Å². The second-order valence-electron chi connectivity index (χ2n) is 3.11. The molecule has 11 nitrogen and oxygen atoms in total. The van der Waals surface area contributed by atoms with Gasteiger partial charge in [0.2, 0.25) is 0 Å². The number of esters is 1. The summed E-state index contributed by atoms with van der Waals surface area (Å²) in [7, 11) is 1.16. The monoisotopic (exact) mass is 354 g/mol. The Hall–Kier alpha value is -0.690. The van der Waals surface area contributed by atoms with E-state index < -0.39 is 42.9 Å². The van der Waals surface area contributed by atoms with Crippen LogP contribution >= 0.6 is 0 Å². The SMILES string of the molecule is COOC(=O)CCC(=O)[O-].O=C([O-])CCC(=O)OC(=O)O.[Na+].[Na+]. The number of hydrogen-bond acceptors (Lipinski definition) is 10. The molecule has 0 aliphatic rings. The summed E-state index contributed by atoms with van der Waals surface area (Å²) in [6.45, 7) is 0. The molecule has 23 heavy (non-hydrogen) atoms. The summed E-state index contributed by atoms with van der Waals surface area (Å²) in [5.41, 5.74) is 0. The Morgan fingerprint density at radius 1 is 0.826 bits per heavy atom. The standard InChI is InChI=1S/C5H6O6.C5H8O5.2Na/c6-3(7)1-2-4(8)11-5(9)10;1-9-10-5(8)3-2-4(6)7;;/h1-2H2,(H,6,7)(H,9,10);2-3H2,1H3,(H,6,7);;/q;;2*+1/p-2. The normalized spacial score (nSPS) is 8.04. The van der Waals surface area contributed by atoms with Crippen molar-refractivity contribution < 1.29 is 113 Å². The molecule has 0 fully saturated rings. The number of carboxylic acids is 2. The number of carbonyl (C=O) groups excluding carboxylic acids is 4. The third-order valence-electron chi connectivity index (χ3n) is 1.44. The van der Waals surface area contributed by atoms with Gasteiger partial charge in [-0.3, -0.25) is 9.68 Å². The number of rotatable bonds is 7. The number of carboxylic acid groups (broad SMARTS) is 3. The fourth-order valence-electron chi connectivity index (χ4n) is 0.691. The average Bonchev–Trinajstić information content (AvgIpc) is 2.34. The van der Waals surface area contributed by atoms with Crippen LogP contribution in [-0.2, 0) is 33.7 Å². The van der Waals surface area contributed by atoms with E-state index in [1.165, 1.54) is 0 Å². The van der Waals surface area contributed by atoms with Crippen LogP contribution in [0.25, 0.3) is 0 Å². The minimum Gasteiger partial charge on any atom is -0.550 e. The molecule has 0 aliphatic heterocycles. The van der Waals surface area contributed by atoms with Gasteiger partial charge in [-0.25, -0.2) is 9.59 Å². The first kappa shape index (κ1) is 30.2. The van der Waals surface area contributed by atoms with Crippen LogP contribution < -0.4 is 69.3 Å². The maximum absolute atomic E-state index is 10.3. The van der Waals surface area contributed by atoms with Gasteiger partial charge < -0.3 is 29.6 Å². The summed E-state index contributed by atoms with van der Waals surface area (Å²) in [6.07, 6.45) is -3.34. The van der Waals surface area contributed by atoms with E-state index in [9.17, 15) is 34.2 Å². The van der Waals surface area contributed by atoms with Crippen LogP contribution in [-0.4, -0.2) is 42.2 Å². The van der Waals surface area contributed by atoms with E-state index in [4.69, 9.17) is 5.11 Å². The van der Waals surface area contributed by atoms with E-state index in [0.717, 1.165) is 7.11 Å². The maximum atomic E-state index is 10.3. The summed E-state index contributed by atoms with van der Waals surface area (Å²) in [4.78, 5) is 57.6. The predicted molar refractivity (Wildman–Crippen MR) is 55.7 cm³/mol. The quantitative estimate of drug-likeness (QED) is 0.151. The average molecular weight is 354 g/mol. The van der Waals surface area contributed by atoms with E-state index in [-0.39, 0.29) is 72.0 Å². The number of aliphatic carboxylic acids is 2. The first-order chi connectivity index (χ1) is 9.68. The van der Waals surface area contributed by atoms with Crippen molar-refractivity contribution >= 4 is 30.0 Å². The topological polar surface area (TPSA) is 179 Å². The minimum atomic E-state index is -1.74. The van der Waals surface area contributed by atoms with Gasteiger partial charge in [-0.15, -0.1) is 0 Å². The minimum absolute atomic E-state index is 0. The van der Waals surface area contributed by atoms with E-state index >= 15 is 0 Å². The van der Waals surface area contributed by atoms with Crippen molar-refractivity contribution in [3.8, 4) is 0 Å². The number of carbonyl (C=O) groups is 5. The van der Waals surface area contributed by atoms with Gasteiger partial charge in [0.25, 0.3) is 0 Å². The van der Waals surface area contributed by atoms with Gasteiger partial charge in [0.15, 0.2) is 0 Å². The fraction of sp³-hybridized carbons (Fsp3) is 0.500. The zero-order valence-electron chi connectivity index (χ0n) is 12.9. The Morgan fingerprint density at radius 2 is 1.22 bits per heavy atom. The van der Waals surface area contributed by atoms with E-state index in [1.807, 2.05) is 0 Å². The van der Waals surface area contributed by atoms with Gasteiger partial charge >= 0.3 is 77.2 Å². The van der Waals surface area contributed by atoms with Crippen molar-refractivity contribution in [3.63, 3.8) is 0 Å². The molecule has 0 heterocycles.